The highest BCUT2D eigenvalue weighted by molar-refractivity contribution is 5.86. The van der Waals surface area contributed by atoms with Crippen molar-refractivity contribution in [3.05, 3.63) is 29.5 Å². The Morgan fingerprint density at radius 3 is 2.83 bits per heavy atom. The average Bonchev–Trinajstić information content (AvgIpc) is 3.22. The van der Waals surface area contributed by atoms with Crippen LogP contribution in [0.15, 0.2) is 16.7 Å². The van der Waals surface area contributed by atoms with Crippen LogP contribution in [0.2, 0.25) is 0 Å². The molecule has 1 aliphatic rings. The lowest BCUT2D eigenvalue weighted by molar-refractivity contribution is 0.0592. The van der Waals surface area contributed by atoms with Gasteiger partial charge in [-0.05, 0) is 25.0 Å². The topological polar surface area (TPSA) is 94.2 Å². The minimum Gasteiger partial charge on any atom is -0.464 e. The molecule has 3 rings (SSSR count). The van der Waals surface area contributed by atoms with Crippen molar-refractivity contribution in [3.63, 3.8) is 0 Å². The van der Waals surface area contributed by atoms with E-state index < -0.39 is 5.97 Å². The highest BCUT2D eigenvalue weighted by atomic mass is 16.5. The van der Waals surface area contributed by atoms with E-state index in [-0.39, 0.29) is 17.7 Å². The van der Waals surface area contributed by atoms with Crippen molar-refractivity contribution < 1.29 is 14.1 Å². The zero-order valence-corrected chi connectivity index (χ0v) is 13.4. The summed E-state index contributed by atoms with van der Waals surface area (Å²) < 4.78 is 9.93. The van der Waals surface area contributed by atoms with Crippen LogP contribution in [0.4, 0.5) is 5.82 Å². The van der Waals surface area contributed by atoms with Crippen molar-refractivity contribution in [1.82, 2.24) is 20.3 Å². The third kappa shape index (κ3) is 3.01. The van der Waals surface area contributed by atoms with Crippen LogP contribution in [0, 0.1) is 0 Å². The number of methoxy groups -OCH3 is 1. The summed E-state index contributed by atoms with van der Waals surface area (Å²) in [6, 6.07) is 3.39. The van der Waals surface area contributed by atoms with E-state index in [1.807, 2.05) is 13.8 Å². The minimum absolute atomic E-state index is 0.0181. The maximum atomic E-state index is 11.4. The predicted octanol–water partition coefficient (Wildman–Crippen LogP) is 2.11. The second-order valence-corrected chi connectivity index (χ2v) is 5.77. The molecule has 8 heteroatoms. The number of hydrogen-bond donors (Lipinski definition) is 0. The maximum Gasteiger partial charge on any atom is 0.358 e. The van der Waals surface area contributed by atoms with Gasteiger partial charge in [-0.2, -0.15) is 4.98 Å². The van der Waals surface area contributed by atoms with Gasteiger partial charge in [0.15, 0.2) is 17.3 Å². The number of aromatic nitrogens is 4. The first kappa shape index (κ1) is 15.4. The summed E-state index contributed by atoms with van der Waals surface area (Å²) in [6.45, 7) is 4.86. The van der Waals surface area contributed by atoms with Crippen molar-refractivity contribution >= 4 is 11.8 Å². The molecule has 1 aliphatic heterocycles. The largest absolute Gasteiger partial charge is 0.464 e. The quantitative estimate of drug-likeness (QED) is 0.791. The molecule has 1 saturated heterocycles. The summed E-state index contributed by atoms with van der Waals surface area (Å²) in [6.07, 6.45) is 1.94. The van der Waals surface area contributed by atoms with E-state index in [4.69, 9.17) is 4.52 Å². The molecular weight excluding hydrogens is 298 g/mol. The number of hydrogen-bond acceptors (Lipinski definition) is 8. The molecule has 1 atom stereocenters. The van der Waals surface area contributed by atoms with Crippen molar-refractivity contribution in [2.75, 3.05) is 18.6 Å². The first-order valence-corrected chi connectivity index (χ1v) is 7.62. The van der Waals surface area contributed by atoms with Gasteiger partial charge in [-0.25, -0.2) is 4.79 Å². The average molecular weight is 317 g/mol. The molecule has 0 aromatic carbocycles. The number of esters is 1. The molecule has 0 spiro atoms. The van der Waals surface area contributed by atoms with Gasteiger partial charge in [-0.1, -0.05) is 19.0 Å². The molecule has 3 heterocycles. The van der Waals surface area contributed by atoms with E-state index >= 15 is 0 Å². The lowest BCUT2D eigenvalue weighted by Crippen LogP contribution is -2.25. The van der Waals surface area contributed by atoms with Crippen LogP contribution in [0.3, 0.4) is 0 Å². The van der Waals surface area contributed by atoms with Gasteiger partial charge in [0, 0.05) is 12.5 Å². The molecular formula is C15H19N5O3. The number of anilines is 1. The van der Waals surface area contributed by atoms with E-state index in [2.05, 4.69) is 30.0 Å². The van der Waals surface area contributed by atoms with Gasteiger partial charge < -0.3 is 14.2 Å². The first-order valence-electron chi connectivity index (χ1n) is 7.62. The fourth-order valence-corrected chi connectivity index (χ4v) is 2.62. The summed E-state index contributed by atoms with van der Waals surface area (Å²) >= 11 is 0. The second-order valence-electron chi connectivity index (χ2n) is 5.77. The minimum atomic E-state index is -0.498. The van der Waals surface area contributed by atoms with Gasteiger partial charge in [0.2, 0.25) is 5.89 Å². The van der Waals surface area contributed by atoms with Crippen LogP contribution in [-0.2, 0) is 4.74 Å². The van der Waals surface area contributed by atoms with Crippen molar-refractivity contribution in [2.45, 2.75) is 38.6 Å². The maximum absolute atomic E-state index is 11.4. The van der Waals surface area contributed by atoms with Crippen molar-refractivity contribution in [2.24, 2.45) is 0 Å². The monoisotopic (exact) mass is 317 g/mol. The lowest BCUT2D eigenvalue weighted by atomic mass is 10.2. The summed E-state index contributed by atoms with van der Waals surface area (Å²) in [7, 11) is 1.32. The number of nitrogens with zero attached hydrogens (tertiary/aromatic N) is 5. The third-order valence-corrected chi connectivity index (χ3v) is 3.84. The fraction of sp³-hybridized carbons (Fsp3) is 0.533. The van der Waals surface area contributed by atoms with E-state index in [0.717, 1.165) is 19.4 Å². The normalized spacial score (nSPS) is 17.7. The Bertz CT molecular complexity index is 683. The summed E-state index contributed by atoms with van der Waals surface area (Å²) in [5, 5.41) is 12.2. The molecule has 0 aliphatic carbocycles. The number of ether oxygens (including phenoxy) is 1. The Labute approximate surface area is 133 Å². The van der Waals surface area contributed by atoms with E-state index in [1.54, 1.807) is 12.1 Å². The molecule has 122 valence electrons. The Morgan fingerprint density at radius 2 is 2.22 bits per heavy atom. The SMILES string of the molecule is COC(=O)c1ccc(N2CCCC2c2noc(C(C)C)n2)nn1. The Kier molecular flexibility index (Phi) is 4.22. The molecule has 0 N–H and O–H groups in total. The molecule has 0 radical (unpaired) electrons. The van der Waals surface area contributed by atoms with Crippen LogP contribution < -0.4 is 4.90 Å². The standard InChI is InChI=1S/C15H19N5O3/c1-9(2)14-16-13(19-23-14)11-5-4-8-20(11)12-7-6-10(17-18-12)15(21)22-3/h6-7,9,11H,4-5,8H2,1-3H3. The smallest absolute Gasteiger partial charge is 0.358 e. The van der Waals surface area contributed by atoms with Crippen molar-refractivity contribution in [1.29, 1.82) is 0 Å². The number of carbonyl (C=O) groups excluding carboxylic acids is 1. The zero-order valence-electron chi connectivity index (χ0n) is 13.4. The summed E-state index contributed by atoms with van der Waals surface area (Å²) in [4.78, 5) is 18.0. The molecule has 23 heavy (non-hydrogen) atoms. The predicted molar refractivity (Wildman–Crippen MR) is 81.1 cm³/mol. The lowest BCUT2D eigenvalue weighted by Gasteiger charge is -2.22. The highest BCUT2D eigenvalue weighted by Crippen LogP contribution is 2.33. The summed E-state index contributed by atoms with van der Waals surface area (Å²) in [5.41, 5.74) is 0.189. The van der Waals surface area contributed by atoms with Gasteiger partial charge >= 0.3 is 5.97 Å². The van der Waals surface area contributed by atoms with Gasteiger partial charge in [0.25, 0.3) is 0 Å². The molecule has 2 aromatic heterocycles. The fourth-order valence-electron chi connectivity index (χ4n) is 2.62. The molecule has 0 bridgehead atoms. The van der Waals surface area contributed by atoms with Crippen molar-refractivity contribution in [3.8, 4) is 0 Å². The van der Waals surface area contributed by atoms with Crippen LogP contribution >= 0.6 is 0 Å². The molecule has 1 fully saturated rings. The second kappa shape index (κ2) is 6.31. The number of carbonyl (C=O) groups is 1. The molecule has 0 amide bonds. The van der Waals surface area contributed by atoms with Gasteiger partial charge in [0.1, 0.15) is 0 Å². The van der Waals surface area contributed by atoms with Gasteiger partial charge in [-0.3, -0.25) is 0 Å². The van der Waals surface area contributed by atoms with E-state index in [1.165, 1.54) is 7.11 Å². The van der Waals surface area contributed by atoms with E-state index in [9.17, 15) is 4.79 Å². The Morgan fingerprint density at radius 1 is 1.39 bits per heavy atom. The van der Waals surface area contributed by atoms with Gasteiger partial charge in [-0.15, -0.1) is 10.2 Å². The molecule has 2 aromatic rings. The van der Waals surface area contributed by atoms with Crippen LogP contribution in [-0.4, -0.2) is 40.0 Å². The molecule has 8 nitrogen and oxygen atoms in total. The van der Waals surface area contributed by atoms with E-state index in [0.29, 0.717) is 17.5 Å². The third-order valence-electron chi connectivity index (χ3n) is 3.84. The van der Waals surface area contributed by atoms with Crippen LogP contribution in [0.1, 0.15) is 60.9 Å². The highest BCUT2D eigenvalue weighted by Gasteiger charge is 2.31. The molecule has 1 unspecified atom stereocenters. The van der Waals surface area contributed by atoms with Gasteiger partial charge in [0.05, 0.1) is 13.2 Å². The summed E-state index contributed by atoms with van der Waals surface area (Å²) in [5.74, 6) is 1.70. The zero-order chi connectivity index (χ0) is 16.4. The molecule has 0 saturated carbocycles. The van der Waals surface area contributed by atoms with Crippen LogP contribution in [0.5, 0.6) is 0 Å². The van der Waals surface area contributed by atoms with Crippen LogP contribution in [0.25, 0.3) is 0 Å². The first-order chi connectivity index (χ1) is 11.1. The Balaban J connectivity index is 1.82. The Hall–Kier alpha value is -2.51. The number of rotatable bonds is 4.